The lowest BCUT2D eigenvalue weighted by molar-refractivity contribution is 0.209. The highest BCUT2D eigenvalue weighted by molar-refractivity contribution is 6.30. The summed E-state index contributed by atoms with van der Waals surface area (Å²) < 4.78 is 19.4. The van der Waals surface area contributed by atoms with Gasteiger partial charge in [-0.2, -0.15) is 0 Å². The highest BCUT2D eigenvalue weighted by Gasteiger charge is 2.19. The largest absolute Gasteiger partial charge is 0.481 e. The molecule has 0 atom stereocenters. The summed E-state index contributed by atoms with van der Waals surface area (Å²) >= 11 is 5.93. The van der Waals surface area contributed by atoms with Gasteiger partial charge >= 0.3 is 6.09 Å². The second-order valence-electron chi connectivity index (χ2n) is 5.19. The van der Waals surface area contributed by atoms with E-state index in [1.54, 1.807) is 0 Å². The molecule has 0 aliphatic carbocycles. The van der Waals surface area contributed by atoms with Crippen LogP contribution in [0, 0.1) is 5.82 Å². The normalized spacial score (nSPS) is 10.7. The van der Waals surface area contributed by atoms with Crippen molar-refractivity contribution in [1.82, 2.24) is 4.98 Å². The van der Waals surface area contributed by atoms with Gasteiger partial charge in [0.15, 0.2) is 0 Å². The molecule has 1 amide bonds. The number of aromatic nitrogens is 1. The predicted octanol–water partition coefficient (Wildman–Crippen LogP) is 4.76. The van der Waals surface area contributed by atoms with Crippen molar-refractivity contribution >= 4 is 23.4 Å². The van der Waals surface area contributed by atoms with Gasteiger partial charge in [0.1, 0.15) is 5.82 Å². The summed E-state index contributed by atoms with van der Waals surface area (Å²) in [4.78, 5) is 15.3. The van der Waals surface area contributed by atoms with Gasteiger partial charge in [-0.15, -0.1) is 0 Å². The summed E-state index contributed by atoms with van der Waals surface area (Å²) in [6.45, 7) is 3.74. The van der Waals surface area contributed by atoms with Gasteiger partial charge in [-0.3, -0.25) is 5.32 Å². The number of amides is 1. The van der Waals surface area contributed by atoms with Crippen LogP contribution in [0.3, 0.4) is 0 Å². The van der Waals surface area contributed by atoms with Crippen LogP contribution >= 0.6 is 11.6 Å². The first-order valence-electron chi connectivity index (χ1n) is 6.87. The van der Waals surface area contributed by atoms with Crippen LogP contribution in [0.15, 0.2) is 24.3 Å². The molecular weight excluding hydrogens is 323 g/mol. The van der Waals surface area contributed by atoms with E-state index in [-0.39, 0.29) is 23.0 Å². The summed E-state index contributed by atoms with van der Waals surface area (Å²) in [5.41, 5.74) is 1.30. The number of hydrogen-bond donors (Lipinski definition) is 2. The van der Waals surface area contributed by atoms with E-state index in [1.807, 2.05) is 13.8 Å². The third-order valence-electron chi connectivity index (χ3n) is 3.22. The third-order valence-corrected chi connectivity index (χ3v) is 3.45. The number of methoxy groups -OCH3 is 1. The van der Waals surface area contributed by atoms with E-state index in [1.165, 1.54) is 31.4 Å². The van der Waals surface area contributed by atoms with Gasteiger partial charge in [-0.1, -0.05) is 25.4 Å². The van der Waals surface area contributed by atoms with Crippen LogP contribution in [0.4, 0.5) is 14.9 Å². The fraction of sp³-hybridized carbons (Fsp3) is 0.250. The molecule has 0 saturated heterocycles. The van der Waals surface area contributed by atoms with Crippen molar-refractivity contribution in [3.05, 3.63) is 40.8 Å². The molecule has 2 aromatic rings. The topological polar surface area (TPSA) is 71.5 Å². The molecule has 2 rings (SSSR count). The van der Waals surface area contributed by atoms with Crippen molar-refractivity contribution < 1.29 is 19.0 Å². The number of benzene rings is 1. The standard InChI is InChI=1S/C16H16ClFN2O3/c1-8(2)14-13(19-16(21)22)7-11(15(20-14)23-3)10-6-9(17)4-5-12(10)18/h4-8,19H,1-3H3,(H,21,22). The number of rotatable bonds is 4. The predicted molar refractivity (Wildman–Crippen MR) is 86.9 cm³/mol. The minimum atomic E-state index is -1.23. The molecule has 0 unspecified atom stereocenters. The molecule has 7 heteroatoms. The van der Waals surface area contributed by atoms with Gasteiger partial charge in [0.2, 0.25) is 5.88 Å². The Hall–Kier alpha value is -2.34. The number of halogens is 2. The van der Waals surface area contributed by atoms with Crippen LogP contribution < -0.4 is 10.1 Å². The van der Waals surface area contributed by atoms with E-state index in [4.69, 9.17) is 21.4 Å². The van der Waals surface area contributed by atoms with E-state index in [0.717, 1.165) is 0 Å². The molecule has 2 N–H and O–H groups in total. The minimum absolute atomic E-state index is 0.0518. The number of ether oxygens (including phenoxy) is 1. The van der Waals surface area contributed by atoms with Crippen molar-refractivity contribution in [2.24, 2.45) is 0 Å². The Morgan fingerprint density at radius 1 is 1.35 bits per heavy atom. The van der Waals surface area contributed by atoms with Gasteiger partial charge in [0, 0.05) is 16.1 Å². The maximum atomic E-state index is 14.1. The van der Waals surface area contributed by atoms with Gasteiger partial charge in [0.25, 0.3) is 0 Å². The zero-order valence-corrected chi connectivity index (χ0v) is 13.6. The second-order valence-corrected chi connectivity index (χ2v) is 5.62. The number of anilines is 1. The van der Waals surface area contributed by atoms with Crippen molar-refractivity contribution in [2.75, 3.05) is 12.4 Å². The molecule has 1 aromatic carbocycles. The Balaban J connectivity index is 2.71. The van der Waals surface area contributed by atoms with Crippen molar-refractivity contribution in [2.45, 2.75) is 19.8 Å². The van der Waals surface area contributed by atoms with Crippen LogP contribution in [0.25, 0.3) is 11.1 Å². The first kappa shape index (κ1) is 17.0. The summed E-state index contributed by atoms with van der Waals surface area (Å²) in [6.07, 6.45) is -1.23. The Bertz CT molecular complexity index is 750. The summed E-state index contributed by atoms with van der Waals surface area (Å²) in [7, 11) is 1.42. The molecule has 0 spiro atoms. The zero-order chi connectivity index (χ0) is 17.1. The maximum absolute atomic E-state index is 14.1. The molecule has 122 valence electrons. The van der Waals surface area contributed by atoms with Gasteiger partial charge in [-0.25, -0.2) is 14.2 Å². The van der Waals surface area contributed by atoms with E-state index in [0.29, 0.717) is 16.3 Å². The average Bonchev–Trinajstić information content (AvgIpc) is 2.48. The molecule has 1 heterocycles. The lowest BCUT2D eigenvalue weighted by Crippen LogP contribution is -2.12. The molecule has 0 fully saturated rings. The van der Waals surface area contributed by atoms with Crippen LogP contribution in [-0.2, 0) is 0 Å². The lowest BCUT2D eigenvalue weighted by Gasteiger charge is -2.17. The fourth-order valence-corrected chi connectivity index (χ4v) is 2.39. The zero-order valence-electron chi connectivity index (χ0n) is 12.9. The molecule has 0 aliphatic rings. The summed E-state index contributed by atoms with van der Waals surface area (Å²) in [5, 5.41) is 11.6. The molecule has 0 saturated carbocycles. The fourth-order valence-electron chi connectivity index (χ4n) is 2.22. The maximum Gasteiger partial charge on any atom is 0.409 e. The second kappa shape index (κ2) is 6.83. The quantitative estimate of drug-likeness (QED) is 0.842. The van der Waals surface area contributed by atoms with Gasteiger partial charge < -0.3 is 9.84 Å². The lowest BCUT2D eigenvalue weighted by atomic mass is 10.0. The highest BCUT2D eigenvalue weighted by atomic mass is 35.5. The van der Waals surface area contributed by atoms with Crippen LogP contribution in [0.1, 0.15) is 25.5 Å². The molecule has 5 nitrogen and oxygen atoms in total. The molecule has 23 heavy (non-hydrogen) atoms. The van der Waals surface area contributed by atoms with E-state index in [2.05, 4.69) is 10.3 Å². The Morgan fingerprint density at radius 3 is 2.61 bits per heavy atom. The number of nitrogens with zero attached hydrogens (tertiary/aromatic N) is 1. The number of hydrogen-bond acceptors (Lipinski definition) is 3. The van der Waals surface area contributed by atoms with E-state index >= 15 is 0 Å². The monoisotopic (exact) mass is 338 g/mol. The van der Waals surface area contributed by atoms with Crippen LogP contribution in [0.5, 0.6) is 5.88 Å². The first-order chi connectivity index (χ1) is 10.8. The molecule has 0 bridgehead atoms. The number of nitrogens with one attached hydrogen (secondary N) is 1. The van der Waals surface area contributed by atoms with Crippen LogP contribution in [0.2, 0.25) is 5.02 Å². The van der Waals surface area contributed by atoms with E-state index < -0.39 is 11.9 Å². The molecule has 0 aliphatic heterocycles. The van der Waals surface area contributed by atoms with Crippen molar-refractivity contribution in [3.63, 3.8) is 0 Å². The summed E-state index contributed by atoms with van der Waals surface area (Å²) in [6, 6.07) is 5.61. The molecule has 0 radical (unpaired) electrons. The number of carbonyl (C=O) groups is 1. The van der Waals surface area contributed by atoms with Crippen molar-refractivity contribution in [1.29, 1.82) is 0 Å². The summed E-state index contributed by atoms with van der Waals surface area (Å²) in [5.74, 6) is -0.358. The van der Waals surface area contributed by atoms with Crippen molar-refractivity contribution in [3.8, 4) is 17.0 Å². The smallest absolute Gasteiger partial charge is 0.409 e. The first-order valence-corrected chi connectivity index (χ1v) is 7.25. The SMILES string of the molecule is COc1nc(C(C)C)c(NC(=O)O)cc1-c1cc(Cl)ccc1F. The minimum Gasteiger partial charge on any atom is -0.481 e. The number of carboxylic acid groups (broad SMARTS) is 1. The Kier molecular flexibility index (Phi) is 5.05. The molecular formula is C16H16ClFN2O3. The third kappa shape index (κ3) is 3.71. The Labute approximate surface area is 138 Å². The van der Waals surface area contributed by atoms with Crippen LogP contribution in [-0.4, -0.2) is 23.3 Å². The van der Waals surface area contributed by atoms with Gasteiger partial charge in [-0.05, 0) is 30.2 Å². The van der Waals surface area contributed by atoms with E-state index in [9.17, 15) is 9.18 Å². The van der Waals surface area contributed by atoms with Gasteiger partial charge in [0.05, 0.1) is 18.5 Å². The number of pyridine rings is 1. The average molecular weight is 339 g/mol. The Morgan fingerprint density at radius 2 is 2.04 bits per heavy atom. The molecule has 1 aromatic heterocycles. The highest BCUT2D eigenvalue weighted by Crippen LogP contribution is 2.37.